The van der Waals surface area contributed by atoms with Crippen molar-refractivity contribution in [2.75, 3.05) is 27.2 Å². The summed E-state index contributed by atoms with van der Waals surface area (Å²) < 4.78 is 10.7. The number of nitrogens with one attached hydrogen (secondary N) is 1. The van der Waals surface area contributed by atoms with Crippen LogP contribution in [-0.2, 0) is 27.4 Å². The maximum atomic E-state index is 13.2. The lowest BCUT2D eigenvalue weighted by atomic mass is 9.95. The van der Waals surface area contributed by atoms with Crippen molar-refractivity contribution in [3.8, 4) is 0 Å². The number of imide groups is 1. The molecular formula is C28H28I2N4O3. The molecule has 6 rings (SSSR count). The van der Waals surface area contributed by atoms with E-state index < -0.39 is 0 Å². The van der Waals surface area contributed by atoms with Gasteiger partial charge in [-0.05, 0) is 32.6 Å². The zero-order valence-electron chi connectivity index (χ0n) is 20.7. The van der Waals surface area contributed by atoms with Gasteiger partial charge in [0.2, 0.25) is 0 Å². The highest BCUT2D eigenvalue weighted by molar-refractivity contribution is 15.0. The number of carbonyl (C=O) groups excluding carboxylic acids is 2. The van der Waals surface area contributed by atoms with Crippen LogP contribution >= 0.6 is 37.2 Å². The van der Waals surface area contributed by atoms with E-state index in [1.807, 2.05) is 48.8 Å². The molecule has 4 heterocycles. The van der Waals surface area contributed by atoms with Gasteiger partial charge >= 0.3 is 0 Å². The number of halogens is 2. The van der Waals surface area contributed by atoms with Crippen molar-refractivity contribution in [3.05, 3.63) is 72.1 Å². The molecule has 37 heavy (non-hydrogen) atoms. The van der Waals surface area contributed by atoms with Gasteiger partial charge in [0, 0.05) is 102 Å². The molecule has 2 aliphatic heterocycles. The third-order valence-corrected chi connectivity index (χ3v) is 6.99. The molecule has 4 bridgehead atoms. The first-order valence-corrected chi connectivity index (χ1v) is 18.5. The predicted octanol–water partition coefficient (Wildman–Crippen LogP) is 5.29. The summed E-state index contributed by atoms with van der Waals surface area (Å²) in [5.41, 5.74) is 4.52. The van der Waals surface area contributed by atoms with Gasteiger partial charge in [-0.25, -0.2) is 0 Å². The number of hydrogen-bond donors (Lipinski definition) is 1. The molecule has 0 fully saturated rings. The van der Waals surface area contributed by atoms with E-state index in [9.17, 15) is 9.59 Å². The Bertz CT molecular complexity index is 1520. The minimum atomic E-state index is -0.348. The van der Waals surface area contributed by atoms with E-state index >= 15 is 0 Å². The van der Waals surface area contributed by atoms with Crippen molar-refractivity contribution in [3.63, 3.8) is 0 Å². The molecule has 7 nitrogen and oxygen atoms in total. The zero-order valence-corrected chi connectivity index (χ0v) is 25.0. The van der Waals surface area contributed by atoms with Crippen LogP contribution in [0.3, 0.4) is 0 Å². The first-order valence-electron chi connectivity index (χ1n) is 12.2. The largest absolute Gasteiger partial charge is 0.375 e. The summed E-state index contributed by atoms with van der Waals surface area (Å²) in [6, 6.07) is 16.1. The molecule has 0 aliphatic carbocycles. The monoisotopic (exact) mass is 722 g/mol. The van der Waals surface area contributed by atoms with Crippen molar-refractivity contribution < 1.29 is 14.3 Å². The second-order valence-electron chi connectivity index (χ2n) is 9.58. The summed E-state index contributed by atoms with van der Waals surface area (Å²) >= 11 is 4.24. The summed E-state index contributed by atoms with van der Waals surface area (Å²) in [5.74, 6) is -0.690. The average Bonchev–Trinajstić information content (AvgIpc) is 3.53. The predicted molar refractivity (Wildman–Crippen MR) is 165 cm³/mol. The molecule has 2 aliphatic rings. The van der Waals surface area contributed by atoms with Gasteiger partial charge < -0.3 is 18.8 Å². The summed E-state index contributed by atoms with van der Waals surface area (Å²) in [6.45, 7) is 2.81. The van der Waals surface area contributed by atoms with E-state index in [1.165, 1.54) is 0 Å². The Morgan fingerprint density at radius 1 is 0.865 bits per heavy atom. The third kappa shape index (κ3) is 4.98. The number of aromatic nitrogens is 2. The lowest BCUT2D eigenvalue weighted by Gasteiger charge is -2.22. The zero-order chi connectivity index (χ0) is 26.1. The van der Waals surface area contributed by atoms with Crippen LogP contribution in [0, 0.1) is 0 Å². The highest BCUT2D eigenvalue weighted by Crippen LogP contribution is 2.39. The van der Waals surface area contributed by atoms with Gasteiger partial charge in [0.25, 0.3) is 11.8 Å². The molecule has 1 N–H and O–H groups in total. The van der Waals surface area contributed by atoms with Gasteiger partial charge in [-0.1, -0.05) is 36.4 Å². The van der Waals surface area contributed by atoms with Gasteiger partial charge in [0.1, 0.15) is 0 Å². The van der Waals surface area contributed by atoms with E-state index in [-0.39, 0.29) is 17.9 Å². The van der Waals surface area contributed by atoms with E-state index in [4.69, 9.17) is 4.74 Å². The number of rotatable bonds is 2. The fraction of sp³-hybridized carbons (Fsp3) is 0.286. The Kier molecular flexibility index (Phi) is 8.03. The Morgan fingerprint density at radius 2 is 1.38 bits per heavy atom. The van der Waals surface area contributed by atoms with Crippen molar-refractivity contribution in [1.82, 2.24) is 19.4 Å². The Balaban J connectivity index is 0.00000137. The average molecular weight is 722 g/mol. The van der Waals surface area contributed by atoms with Crippen LogP contribution in [0.15, 0.2) is 60.9 Å². The summed E-state index contributed by atoms with van der Waals surface area (Å²) in [4.78, 5) is 28.5. The van der Waals surface area contributed by atoms with Gasteiger partial charge in [-0.3, -0.25) is 14.9 Å². The molecule has 1 unspecified atom stereocenters. The van der Waals surface area contributed by atoms with Gasteiger partial charge in [-0.2, -0.15) is 0 Å². The Labute approximate surface area is 239 Å². The summed E-state index contributed by atoms with van der Waals surface area (Å²) in [7, 11) is 4.13. The van der Waals surface area contributed by atoms with Crippen molar-refractivity contribution >= 4 is 82.0 Å². The first kappa shape index (κ1) is 26.4. The van der Waals surface area contributed by atoms with Crippen molar-refractivity contribution in [1.29, 1.82) is 0 Å². The number of nitrogens with zero attached hydrogens (tertiary/aromatic N) is 3. The fourth-order valence-electron chi connectivity index (χ4n) is 5.47. The Hall–Kier alpha value is -2.22. The van der Waals surface area contributed by atoms with Crippen LogP contribution in [0.1, 0.15) is 17.5 Å². The van der Waals surface area contributed by atoms with E-state index in [1.54, 1.807) is 0 Å². The number of hydrogen-bond acceptors (Lipinski definition) is 4. The maximum absolute atomic E-state index is 13.2. The number of amides is 2. The first-order chi connectivity index (χ1) is 18.0. The number of benzene rings is 2. The minimum Gasteiger partial charge on any atom is -0.375 e. The lowest BCUT2D eigenvalue weighted by Crippen LogP contribution is -2.30. The van der Waals surface area contributed by atoms with Crippen LogP contribution in [0.25, 0.3) is 33.0 Å². The molecule has 192 valence electrons. The Morgan fingerprint density at radius 3 is 1.92 bits per heavy atom. The normalized spacial score (nSPS) is 18.0. The number of para-hydroxylation sites is 2. The second-order valence-corrected chi connectivity index (χ2v) is 9.58. The van der Waals surface area contributed by atoms with Gasteiger partial charge in [0.05, 0.1) is 23.9 Å². The summed E-state index contributed by atoms with van der Waals surface area (Å²) in [6.07, 6.45) is 4.93. The number of carbonyl (C=O) groups is 2. The quantitative estimate of drug-likeness (QED) is 0.226. The van der Waals surface area contributed by atoms with Crippen molar-refractivity contribution in [2.24, 2.45) is 0 Å². The standard InChI is InChI=1S/C28H28N4O3.I2/c1-30(2)15-18-11-12-31-16-21(19-7-3-5-9-23(19)31)25-26(28(34)29-27(25)33)22-17-32(13-14-35-18)24-10-6-4-8-20(22)24;1-2/h3-10,16-18H,11-15H2,1-2H3,(H,29,33,34);. The minimum absolute atomic E-state index is 0.0741. The molecule has 0 spiro atoms. The van der Waals surface area contributed by atoms with E-state index in [2.05, 4.69) is 82.8 Å². The van der Waals surface area contributed by atoms with Crippen LogP contribution in [0.2, 0.25) is 0 Å². The molecule has 2 aromatic carbocycles. The van der Waals surface area contributed by atoms with Crippen LogP contribution in [0.5, 0.6) is 0 Å². The fourth-order valence-corrected chi connectivity index (χ4v) is 5.47. The maximum Gasteiger partial charge on any atom is 0.259 e. The number of fused-ring (bicyclic) bond motifs is 12. The smallest absolute Gasteiger partial charge is 0.259 e. The number of ether oxygens (including phenoxy) is 1. The van der Waals surface area contributed by atoms with Crippen LogP contribution in [0.4, 0.5) is 0 Å². The number of likely N-dealkylation sites (N-methyl/N-ethyl adjacent to an activating group) is 1. The molecule has 2 amide bonds. The lowest BCUT2D eigenvalue weighted by molar-refractivity contribution is -0.122. The molecule has 4 aromatic rings. The molecular weight excluding hydrogens is 694 g/mol. The number of aryl methyl sites for hydroxylation is 1. The molecule has 9 heteroatoms. The summed E-state index contributed by atoms with van der Waals surface area (Å²) in [5, 5.41) is 4.48. The van der Waals surface area contributed by atoms with E-state index in [0.29, 0.717) is 24.3 Å². The third-order valence-electron chi connectivity index (χ3n) is 6.99. The molecule has 2 aromatic heterocycles. The second kappa shape index (κ2) is 11.3. The topological polar surface area (TPSA) is 68.5 Å². The van der Waals surface area contributed by atoms with E-state index in [0.717, 1.165) is 52.4 Å². The molecule has 0 saturated heterocycles. The van der Waals surface area contributed by atoms with Gasteiger partial charge in [0.15, 0.2) is 0 Å². The molecule has 0 radical (unpaired) electrons. The highest BCUT2D eigenvalue weighted by Gasteiger charge is 2.35. The van der Waals surface area contributed by atoms with Crippen LogP contribution < -0.4 is 5.32 Å². The highest BCUT2D eigenvalue weighted by atomic mass is 128. The van der Waals surface area contributed by atoms with Crippen LogP contribution in [-0.4, -0.2) is 59.2 Å². The van der Waals surface area contributed by atoms with Gasteiger partial charge in [-0.15, -0.1) is 0 Å². The molecule has 1 atom stereocenters. The molecule has 0 saturated carbocycles. The SMILES string of the molecule is CN(C)CC1CCn2cc(c3ccccc32)C2=C(C(=O)NC2=O)c2cn(c3ccccc23)CCO1.II. The van der Waals surface area contributed by atoms with Crippen molar-refractivity contribution in [2.45, 2.75) is 25.6 Å².